The molecule has 0 radical (unpaired) electrons. The molecular weight excluding hydrogens is 238 g/mol. The van der Waals surface area contributed by atoms with Crippen molar-refractivity contribution in [3.8, 4) is 0 Å². The van der Waals surface area contributed by atoms with E-state index in [0.717, 1.165) is 44.8 Å². The topological polar surface area (TPSA) is 37.4 Å². The fourth-order valence-electron chi connectivity index (χ4n) is 2.08. The number of aryl methyl sites for hydroxylation is 1. The standard InChI is InChI=1S/C15H27N3O/c1-5-7-14-10-13(12-16-2)11-15(17-14)18(3)8-6-9-19-4/h10-11,16H,5-9,12H2,1-4H3. The van der Waals surface area contributed by atoms with Crippen LogP contribution >= 0.6 is 0 Å². The number of nitrogens with zero attached hydrogens (tertiary/aromatic N) is 2. The summed E-state index contributed by atoms with van der Waals surface area (Å²) in [5, 5.41) is 3.21. The Labute approximate surface area is 117 Å². The summed E-state index contributed by atoms with van der Waals surface area (Å²) in [7, 11) is 5.81. The normalized spacial score (nSPS) is 10.7. The molecule has 0 saturated carbocycles. The molecule has 0 aliphatic heterocycles. The van der Waals surface area contributed by atoms with Crippen LogP contribution in [-0.2, 0) is 17.7 Å². The Morgan fingerprint density at radius 3 is 2.79 bits per heavy atom. The average molecular weight is 265 g/mol. The fourth-order valence-corrected chi connectivity index (χ4v) is 2.08. The van der Waals surface area contributed by atoms with Gasteiger partial charge >= 0.3 is 0 Å². The van der Waals surface area contributed by atoms with Crippen molar-refractivity contribution in [2.24, 2.45) is 0 Å². The van der Waals surface area contributed by atoms with Crippen LogP contribution < -0.4 is 10.2 Å². The van der Waals surface area contributed by atoms with Crippen LogP contribution in [-0.4, -0.2) is 39.3 Å². The Hall–Kier alpha value is -1.13. The molecule has 108 valence electrons. The molecule has 4 heteroatoms. The smallest absolute Gasteiger partial charge is 0.128 e. The molecule has 0 spiro atoms. The van der Waals surface area contributed by atoms with E-state index in [-0.39, 0.29) is 0 Å². The van der Waals surface area contributed by atoms with Gasteiger partial charge < -0.3 is 15.0 Å². The van der Waals surface area contributed by atoms with Crippen molar-refractivity contribution in [2.45, 2.75) is 32.7 Å². The molecule has 0 aliphatic rings. The van der Waals surface area contributed by atoms with E-state index in [0.29, 0.717) is 0 Å². The van der Waals surface area contributed by atoms with Crippen LogP contribution in [0.2, 0.25) is 0 Å². The Kier molecular flexibility index (Phi) is 7.45. The number of ether oxygens (including phenoxy) is 1. The molecule has 4 nitrogen and oxygen atoms in total. The maximum atomic E-state index is 5.10. The van der Waals surface area contributed by atoms with Crippen LogP contribution in [0.15, 0.2) is 12.1 Å². The largest absolute Gasteiger partial charge is 0.385 e. The summed E-state index contributed by atoms with van der Waals surface area (Å²) in [5.41, 5.74) is 2.48. The molecule has 1 aromatic rings. The predicted octanol–water partition coefficient (Wildman–Crippen LogP) is 2.23. The zero-order valence-electron chi connectivity index (χ0n) is 12.7. The summed E-state index contributed by atoms with van der Waals surface area (Å²) >= 11 is 0. The second-order valence-corrected chi connectivity index (χ2v) is 4.87. The van der Waals surface area contributed by atoms with Crippen LogP contribution in [0, 0.1) is 0 Å². The Balaban J connectivity index is 2.78. The van der Waals surface area contributed by atoms with E-state index < -0.39 is 0 Å². The van der Waals surface area contributed by atoms with Crippen LogP contribution in [0.3, 0.4) is 0 Å². The van der Waals surface area contributed by atoms with E-state index in [2.05, 4.69) is 36.3 Å². The molecule has 0 fully saturated rings. The molecule has 1 rings (SSSR count). The Morgan fingerprint density at radius 1 is 1.37 bits per heavy atom. The number of hydrogen-bond acceptors (Lipinski definition) is 4. The first-order valence-electron chi connectivity index (χ1n) is 7.05. The highest BCUT2D eigenvalue weighted by atomic mass is 16.5. The lowest BCUT2D eigenvalue weighted by atomic mass is 10.1. The van der Waals surface area contributed by atoms with Crippen molar-refractivity contribution >= 4 is 5.82 Å². The van der Waals surface area contributed by atoms with Gasteiger partial charge in [0.1, 0.15) is 5.82 Å². The summed E-state index contributed by atoms with van der Waals surface area (Å²) in [6.45, 7) is 4.84. The lowest BCUT2D eigenvalue weighted by Gasteiger charge is -2.20. The Morgan fingerprint density at radius 2 is 2.16 bits per heavy atom. The molecule has 0 amide bonds. The minimum atomic E-state index is 0.794. The molecule has 1 aromatic heterocycles. The molecule has 0 bridgehead atoms. The maximum Gasteiger partial charge on any atom is 0.128 e. The second kappa shape index (κ2) is 8.88. The molecule has 0 atom stereocenters. The van der Waals surface area contributed by atoms with Crippen molar-refractivity contribution < 1.29 is 4.74 Å². The molecule has 1 N–H and O–H groups in total. The summed E-state index contributed by atoms with van der Waals surface area (Å²) in [6, 6.07) is 4.37. The number of pyridine rings is 1. The molecule has 0 aromatic carbocycles. The zero-order chi connectivity index (χ0) is 14.1. The van der Waals surface area contributed by atoms with Crippen LogP contribution in [0.5, 0.6) is 0 Å². The van der Waals surface area contributed by atoms with Crippen molar-refractivity contribution in [2.75, 3.05) is 39.3 Å². The first kappa shape index (κ1) is 15.9. The van der Waals surface area contributed by atoms with Gasteiger partial charge in [-0.2, -0.15) is 0 Å². The number of anilines is 1. The van der Waals surface area contributed by atoms with E-state index in [4.69, 9.17) is 9.72 Å². The van der Waals surface area contributed by atoms with Gasteiger partial charge in [0.25, 0.3) is 0 Å². The van der Waals surface area contributed by atoms with E-state index in [1.807, 2.05) is 7.05 Å². The van der Waals surface area contributed by atoms with Crippen molar-refractivity contribution in [3.05, 3.63) is 23.4 Å². The highest BCUT2D eigenvalue weighted by molar-refractivity contribution is 5.42. The SMILES string of the molecule is CCCc1cc(CNC)cc(N(C)CCCOC)n1. The molecule has 1 heterocycles. The number of rotatable bonds is 9. The van der Waals surface area contributed by atoms with Crippen LogP contribution in [0.1, 0.15) is 31.0 Å². The Bertz CT molecular complexity index is 344. The van der Waals surface area contributed by atoms with Gasteiger partial charge in [0.05, 0.1) is 0 Å². The third-order valence-corrected chi connectivity index (χ3v) is 3.04. The van der Waals surface area contributed by atoms with Crippen LogP contribution in [0.4, 0.5) is 5.82 Å². The monoisotopic (exact) mass is 265 g/mol. The fraction of sp³-hybridized carbons (Fsp3) is 0.667. The van der Waals surface area contributed by atoms with Gasteiger partial charge in [-0.1, -0.05) is 13.3 Å². The van der Waals surface area contributed by atoms with Gasteiger partial charge in [0.2, 0.25) is 0 Å². The number of hydrogen-bond donors (Lipinski definition) is 1. The first-order valence-corrected chi connectivity index (χ1v) is 7.05. The molecule has 0 aliphatic carbocycles. The quantitative estimate of drug-likeness (QED) is 0.695. The number of methoxy groups -OCH3 is 1. The molecular formula is C15H27N3O. The lowest BCUT2D eigenvalue weighted by Crippen LogP contribution is -2.22. The van der Waals surface area contributed by atoms with Gasteiger partial charge in [-0.3, -0.25) is 0 Å². The molecule has 0 unspecified atom stereocenters. The van der Waals surface area contributed by atoms with Crippen molar-refractivity contribution in [1.29, 1.82) is 0 Å². The van der Waals surface area contributed by atoms with Gasteiger partial charge in [-0.15, -0.1) is 0 Å². The van der Waals surface area contributed by atoms with Gasteiger partial charge in [-0.25, -0.2) is 4.98 Å². The second-order valence-electron chi connectivity index (χ2n) is 4.87. The minimum Gasteiger partial charge on any atom is -0.385 e. The van der Waals surface area contributed by atoms with Crippen molar-refractivity contribution in [1.82, 2.24) is 10.3 Å². The van der Waals surface area contributed by atoms with E-state index >= 15 is 0 Å². The lowest BCUT2D eigenvalue weighted by molar-refractivity contribution is 0.196. The highest BCUT2D eigenvalue weighted by Gasteiger charge is 2.06. The number of aromatic nitrogens is 1. The first-order chi connectivity index (χ1) is 9.21. The van der Waals surface area contributed by atoms with E-state index in [9.17, 15) is 0 Å². The third-order valence-electron chi connectivity index (χ3n) is 3.04. The third kappa shape index (κ3) is 5.57. The van der Waals surface area contributed by atoms with Gasteiger partial charge in [0, 0.05) is 39.5 Å². The predicted molar refractivity (Wildman–Crippen MR) is 80.8 cm³/mol. The summed E-state index contributed by atoms with van der Waals surface area (Å²) < 4.78 is 5.10. The highest BCUT2D eigenvalue weighted by Crippen LogP contribution is 2.15. The minimum absolute atomic E-state index is 0.794. The van der Waals surface area contributed by atoms with Gasteiger partial charge in [0.15, 0.2) is 0 Å². The van der Waals surface area contributed by atoms with E-state index in [1.165, 1.54) is 11.3 Å². The van der Waals surface area contributed by atoms with Crippen molar-refractivity contribution in [3.63, 3.8) is 0 Å². The van der Waals surface area contributed by atoms with Gasteiger partial charge in [-0.05, 0) is 37.6 Å². The summed E-state index contributed by atoms with van der Waals surface area (Å²) in [5.74, 6) is 1.06. The summed E-state index contributed by atoms with van der Waals surface area (Å²) in [4.78, 5) is 6.95. The average Bonchev–Trinajstić information content (AvgIpc) is 2.39. The van der Waals surface area contributed by atoms with E-state index in [1.54, 1.807) is 7.11 Å². The van der Waals surface area contributed by atoms with Crippen LogP contribution in [0.25, 0.3) is 0 Å². The number of nitrogens with one attached hydrogen (secondary N) is 1. The summed E-state index contributed by atoms with van der Waals surface area (Å²) in [6.07, 6.45) is 3.19. The molecule has 0 saturated heterocycles. The zero-order valence-corrected chi connectivity index (χ0v) is 12.7. The maximum absolute atomic E-state index is 5.10. The molecule has 19 heavy (non-hydrogen) atoms.